The van der Waals surface area contributed by atoms with Crippen LogP contribution in [-0.2, 0) is 6.18 Å². The fraction of sp³-hybridized carbons (Fsp3) is 0.385. The van der Waals surface area contributed by atoms with Crippen LogP contribution in [0.15, 0.2) is 18.2 Å². The summed E-state index contributed by atoms with van der Waals surface area (Å²) in [6.07, 6.45) is -2.84. The molecule has 5 N–H and O–H groups in total. The fourth-order valence-electron chi connectivity index (χ4n) is 1.60. The first-order valence-electron chi connectivity index (χ1n) is 6.36. The van der Waals surface area contributed by atoms with E-state index in [1.165, 1.54) is 0 Å². The van der Waals surface area contributed by atoms with Gasteiger partial charge in [-0.05, 0) is 24.6 Å². The molecule has 1 aromatic rings. The van der Waals surface area contributed by atoms with Gasteiger partial charge in [-0.15, -0.1) is 0 Å². The molecule has 5 nitrogen and oxygen atoms in total. The van der Waals surface area contributed by atoms with Crippen molar-refractivity contribution in [2.45, 2.75) is 25.9 Å². The molecule has 1 rings (SSSR count). The average Bonchev–Trinajstić information content (AvgIpc) is 2.37. The molecule has 0 unspecified atom stereocenters. The molecule has 0 bridgehead atoms. The quantitative estimate of drug-likeness (QED) is 0.382. The Labute approximate surface area is 120 Å². The Bertz CT molecular complexity index is 529. The number of rotatable bonds is 5. The van der Waals surface area contributed by atoms with Gasteiger partial charge in [0.05, 0.1) is 11.3 Å². The van der Waals surface area contributed by atoms with Crippen LogP contribution in [0.4, 0.5) is 23.7 Å². The van der Waals surface area contributed by atoms with Crippen LogP contribution in [0, 0.1) is 5.41 Å². The van der Waals surface area contributed by atoms with Crippen LogP contribution in [0.3, 0.4) is 0 Å². The standard InChI is InChI=1S/C13H17F3N4O/c1-2-3-6-19-12(21)20-10-5-4-8(13(14,15)16)7-9(10)11(17)18/h4-5,7H,2-3,6H2,1H3,(H3,17,18)(H2,19,20,21). The number of urea groups is 1. The van der Waals surface area contributed by atoms with Crippen molar-refractivity contribution in [3.05, 3.63) is 29.3 Å². The Morgan fingerprint density at radius 3 is 2.57 bits per heavy atom. The molecule has 0 heterocycles. The van der Waals surface area contributed by atoms with Gasteiger partial charge in [-0.25, -0.2) is 4.79 Å². The second kappa shape index (κ2) is 6.96. The van der Waals surface area contributed by atoms with E-state index in [0.717, 1.165) is 31.0 Å². The summed E-state index contributed by atoms with van der Waals surface area (Å²) in [7, 11) is 0. The van der Waals surface area contributed by atoms with Crippen LogP contribution in [0.5, 0.6) is 0 Å². The van der Waals surface area contributed by atoms with E-state index in [1.807, 2.05) is 6.92 Å². The van der Waals surface area contributed by atoms with Gasteiger partial charge in [-0.3, -0.25) is 5.41 Å². The number of alkyl halides is 3. The van der Waals surface area contributed by atoms with E-state index in [2.05, 4.69) is 10.6 Å². The van der Waals surface area contributed by atoms with Crippen molar-refractivity contribution in [1.29, 1.82) is 5.41 Å². The first kappa shape index (κ1) is 16.8. The molecule has 21 heavy (non-hydrogen) atoms. The molecule has 1 aromatic carbocycles. The molecule has 0 saturated carbocycles. The molecule has 2 amide bonds. The predicted octanol–water partition coefficient (Wildman–Crippen LogP) is 2.91. The van der Waals surface area contributed by atoms with Gasteiger partial charge in [0.2, 0.25) is 0 Å². The zero-order chi connectivity index (χ0) is 16.0. The summed E-state index contributed by atoms with van der Waals surface area (Å²) >= 11 is 0. The topological polar surface area (TPSA) is 91.0 Å². The highest BCUT2D eigenvalue weighted by molar-refractivity contribution is 6.04. The maximum absolute atomic E-state index is 12.6. The van der Waals surface area contributed by atoms with Gasteiger partial charge in [0.15, 0.2) is 0 Å². The molecular formula is C13H17F3N4O. The van der Waals surface area contributed by atoms with E-state index in [1.54, 1.807) is 0 Å². The lowest BCUT2D eigenvalue weighted by atomic mass is 10.1. The van der Waals surface area contributed by atoms with Gasteiger partial charge >= 0.3 is 12.2 Å². The molecule has 0 aliphatic rings. The van der Waals surface area contributed by atoms with E-state index in [4.69, 9.17) is 11.1 Å². The van der Waals surface area contributed by atoms with Crippen LogP contribution in [0.1, 0.15) is 30.9 Å². The van der Waals surface area contributed by atoms with E-state index in [0.29, 0.717) is 6.54 Å². The van der Waals surface area contributed by atoms with Crippen LogP contribution >= 0.6 is 0 Å². The molecule has 0 aliphatic carbocycles. The minimum atomic E-state index is -4.54. The van der Waals surface area contributed by atoms with E-state index >= 15 is 0 Å². The summed E-state index contributed by atoms with van der Waals surface area (Å²) < 4.78 is 37.9. The number of anilines is 1. The number of unbranched alkanes of at least 4 members (excludes halogenated alkanes) is 1. The lowest BCUT2D eigenvalue weighted by Crippen LogP contribution is -2.30. The number of nitrogen functional groups attached to an aromatic ring is 1. The van der Waals surface area contributed by atoms with Gasteiger partial charge in [-0.2, -0.15) is 13.2 Å². The van der Waals surface area contributed by atoms with E-state index in [9.17, 15) is 18.0 Å². The molecule has 0 radical (unpaired) electrons. The first-order valence-corrected chi connectivity index (χ1v) is 6.36. The highest BCUT2D eigenvalue weighted by Crippen LogP contribution is 2.31. The molecule has 0 fully saturated rings. The molecule has 116 valence electrons. The maximum atomic E-state index is 12.6. The Morgan fingerprint density at radius 1 is 1.38 bits per heavy atom. The fourth-order valence-corrected chi connectivity index (χ4v) is 1.60. The molecule has 0 aromatic heterocycles. The zero-order valence-electron chi connectivity index (χ0n) is 11.5. The first-order chi connectivity index (χ1) is 9.75. The zero-order valence-corrected chi connectivity index (χ0v) is 11.5. The normalized spacial score (nSPS) is 11.0. The van der Waals surface area contributed by atoms with Gasteiger partial charge in [0.1, 0.15) is 5.84 Å². The highest BCUT2D eigenvalue weighted by Gasteiger charge is 2.31. The molecule has 0 spiro atoms. The van der Waals surface area contributed by atoms with Crippen LogP contribution in [0.2, 0.25) is 0 Å². The summed E-state index contributed by atoms with van der Waals surface area (Å²) in [6, 6.07) is 2.10. The van der Waals surface area contributed by atoms with Crippen molar-refractivity contribution in [1.82, 2.24) is 5.32 Å². The maximum Gasteiger partial charge on any atom is 0.416 e. The second-order valence-corrected chi connectivity index (χ2v) is 4.41. The number of carbonyl (C=O) groups is 1. The monoisotopic (exact) mass is 302 g/mol. The van der Waals surface area contributed by atoms with Crippen molar-refractivity contribution in [3.63, 3.8) is 0 Å². The number of amidine groups is 1. The van der Waals surface area contributed by atoms with Crippen LogP contribution in [0.25, 0.3) is 0 Å². The Balaban J connectivity index is 2.92. The van der Waals surface area contributed by atoms with E-state index < -0.39 is 23.6 Å². The van der Waals surface area contributed by atoms with Gasteiger partial charge in [-0.1, -0.05) is 13.3 Å². The Morgan fingerprint density at radius 2 is 2.05 bits per heavy atom. The summed E-state index contributed by atoms with van der Waals surface area (Å²) in [6.45, 7) is 2.42. The Hall–Kier alpha value is -2.25. The van der Waals surface area contributed by atoms with Crippen molar-refractivity contribution in [2.24, 2.45) is 5.73 Å². The largest absolute Gasteiger partial charge is 0.416 e. The van der Waals surface area contributed by atoms with Crippen molar-refractivity contribution in [3.8, 4) is 0 Å². The van der Waals surface area contributed by atoms with E-state index in [-0.39, 0.29) is 11.3 Å². The third-order valence-electron chi connectivity index (χ3n) is 2.70. The molecule has 0 aliphatic heterocycles. The summed E-state index contributed by atoms with van der Waals surface area (Å²) in [5, 5.41) is 12.3. The summed E-state index contributed by atoms with van der Waals surface area (Å²) in [5.74, 6) is -0.551. The minimum Gasteiger partial charge on any atom is -0.384 e. The average molecular weight is 302 g/mol. The van der Waals surface area contributed by atoms with Crippen LogP contribution < -0.4 is 16.4 Å². The number of carbonyl (C=O) groups excluding carboxylic acids is 1. The van der Waals surface area contributed by atoms with Gasteiger partial charge in [0.25, 0.3) is 0 Å². The Kier molecular flexibility index (Phi) is 5.57. The number of amides is 2. The number of hydrogen-bond acceptors (Lipinski definition) is 2. The van der Waals surface area contributed by atoms with Crippen molar-refractivity contribution >= 4 is 17.6 Å². The number of benzene rings is 1. The minimum absolute atomic E-state index is 0.0597. The van der Waals surface area contributed by atoms with Crippen molar-refractivity contribution < 1.29 is 18.0 Å². The molecule has 0 saturated heterocycles. The number of nitrogens with one attached hydrogen (secondary N) is 3. The molecule has 8 heteroatoms. The number of hydrogen-bond donors (Lipinski definition) is 4. The van der Waals surface area contributed by atoms with Crippen molar-refractivity contribution in [2.75, 3.05) is 11.9 Å². The third-order valence-corrected chi connectivity index (χ3v) is 2.70. The summed E-state index contributed by atoms with van der Waals surface area (Å²) in [5.41, 5.74) is 4.23. The van der Waals surface area contributed by atoms with Crippen LogP contribution in [-0.4, -0.2) is 18.4 Å². The second-order valence-electron chi connectivity index (χ2n) is 4.41. The van der Waals surface area contributed by atoms with Gasteiger partial charge in [0, 0.05) is 12.1 Å². The van der Waals surface area contributed by atoms with Gasteiger partial charge < -0.3 is 16.4 Å². The third kappa shape index (κ3) is 4.97. The molecule has 0 atom stereocenters. The predicted molar refractivity (Wildman–Crippen MR) is 74.4 cm³/mol. The lowest BCUT2D eigenvalue weighted by Gasteiger charge is -2.14. The molecular weight excluding hydrogens is 285 g/mol. The number of halogens is 3. The SMILES string of the molecule is CCCCNC(=O)Nc1ccc(C(F)(F)F)cc1C(=N)N. The highest BCUT2D eigenvalue weighted by atomic mass is 19.4. The number of nitrogens with two attached hydrogens (primary N) is 1. The lowest BCUT2D eigenvalue weighted by molar-refractivity contribution is -0.137. The summed E-state index contributed by atoms with van der Waals surface area (Å²) in [4.78, 5) is 11.6. The smallest absolute Gasteiger partial charge is 0.384 e.